The van der Waals surface area contributed by atoms with Gasteiger partial charge in [0.2, 0.25) is 0 Å². The van der Waals surface area contributed by atoms with Gasteiger partial charge in [-0.1, -0.05) is 48.5 Å². The summed E-state index contributed by atoms with van der Waals surface area (Å²) < 4.78 is 11.0. The molecule has 226 valence electrons. The van der Waals surface area contributed by atoms with Crippen molar-refractivity contribution in [1.29, 1.82) is 0 Å². The van der Waals surface area contributed by atoms with Gasteiger partial charge in [-0.3, -0.25) is 9.59 Å². The summed E-state index contributed by atoms with van der Waals surface area (Å²) in [5.41, 5.74) is 7.24. The number of amides is 2. The molecule has 2 amide bonds. The van der Waals surface area contributed by atoms with E-state index in [0.717, 1.165) is 0 Å². The second-order valence-electron chi connectivity index (χ2n) is 9.59. The number of nitrogens with one attached hydrogen (secondary N) is 2. The van der Waals surface area contributed by atoms with E-state index in [1.807, 2.05) is 12.1 Å². The lowest BCUT2D eigenvalue weighted by molar-refractivity contribution is 0.0692. The van der Waals surface area contributed by atoms with Crippen LogP contribution in [0.2, 0.25) is 0 Å². The molecule has 0 aliphatic heterocycles. The van der Waals surface area contributed by atoms with Crippen LogP contribution in [0.4, 0.5) is 0 Å². The number of hydrogen-bond donors (Lipinski definition) is 2. The van der Waals surface area contributed by atoms with E-state index in [1.54, 1.807) is 109 Å². The molecule has 0 aliphatic rings. The summed E-state index contributed by atoms with van der Waals surface area (Å²) >= 11 is 0. The molecular weight excluding hydrogens is 584 g/mol. The quantitative estimate of drug-likeness (QED) is 0.0908. The molecule has 46 heavy (non-hydrogen) atoms. The lowest BCUT2D eigenvalue weighted by atomic mass is 10.1. The monoisotopic (exact) mass is 610 g/mol. The maximum absolute atomic E-state index is 13.0. The molecule has 0 atom stereocenters. The fourth-order valence-corrected chi connectivity index (χ4v) is 4.05. The van der Waals surface area contributed by atoms with E-state index in [2.05, 4.69) is 21.1 Å². The van der Waals surface area contributed by atoms with Gasteiger partial charge in [-0.2, -0.15) is 10.2 Å². The van der Waals surface area contributed by atoms with Crippen molar-refractivity contribution >= 4 is 36.2 Å². The van der Waals surface area contributed by atoms with Crippen LogP contribution in [0.3, 0.4) is 0 Å². The predicted molar refractivity (Wildman–Crippen MR) is 172 cm³/mol. The van der Waals surface area contributed by atoms with Gasteiger partial charge in [0.1, 0.15) is 11.5 Å². The highest BCUT2D eigenvalue weighted by Crippen LogP contribution is 2.19. The Morgan fingerprint density at radius 1 is 0.457 bits per heavy atom. The molecule has 0 saturated carbocycles. The topological polar surface area (TPSA) is 136 Å². The Bertz CT molecular complexity index is 1750. The van der Waals surface area contributed by atoms with Crippen LogP contribution >= 0.6 is 0 Å². The molecule has 0 unspecified atom stereocenters. The Labute approximate surface area is 264 Å². The molecule has 10 nitrogen and oxygen atoms in total. The summed E-state index contributed by atoms with van der Waals surface area (Å²) in [6, 6.07) is 36.5. The number of hydrogen-bond acceptors (Lipinski definition) is 8. The summed E-state index contributed by atoms with van der Waals surface area (Å²) in [6.07, 6.45) is 2.92. The third-order valence-electron chi connectivity index (χ3n) is 6.38. The molecule has 5 aromatic carbocycles. The van der Waals surface area contributed by atoms with Crippen LogP contribution in [0.15, 0.2) is 144 Å². The van der Waals surface area contributed by atoms with Crippen LogP contribution in [0, 0.1) is 0 Å². The first-order valence-corrected chi connectivity index (χ1v) is 14.0. The first-order valence-electron chi connectivity index (χ1n) is 14.0. The van der Waals surface area contributed by atoms with Gasteiger partial charge in [-0.25, -0.2) is 20.4 Å². The molecule has 5 rings (SSSR count). The van der Waals surface area contributed by atoms with Crippen LogP contribution < -0.4 is 20.3 Å². The van der Waals surface area contributed by atoms with Gasteiger partial charge in [-0.15, -0.1) is 0 Å². The highest BCUT2D eigenvalue weighted by Gasteiger charge is 2.20. The molecule has 0 saturated heterocycles. The van der Waals surface area contributed by atoms with Gasteiger partial charge < -0.3 is 9.47 Å². The molecule has 0 bridgehead atoms. The molecular formula is C36H26N4O6. The zero-order valence-corrected chi connectivity index (χ0v) is 24.2. The summed E-state index contributed by atoms with van der Waals surface area (Å²) in [5.74, 6) is -1.67. The van der Waals surface area contributed by atoms with E-state index >= 15 is 0 Å². The van der Waals surface area contributed by atoms with Gasteiger partial charge in [0.05, 0.1) is 23.6 Å². The first-order chi connectivity index (χ1) is 22.5. The molecule has 0 fully saturated rings. The summed E-state index contributed by atoms with van der Waals surface area (Å²) in [7, 11) is 0. The van der Waals surface area contributed by atoms with E-state index in [9.17, 15) is 19.2 Å². The number of rotatable bonds is 10. The van der Waals surface area contributed by atoms with Crippen molar-refractivity contribution < 1.29 is 28.7 Å². The molecule has 0 heterocycles. The minimum absolute atomic E-state index is 0.0275. The molecule has 0 aromatic heterocycles. The third kappa shape index (κ3) is 8.45. The Morgan fingerprint density at radius 3 is 1.17 bits per heavy atom. The van der Waals surface area contributed by atoms with E-state index in [-0.39, 0.29) is 34.4 Å². The van der Waals surface area contributed by atoms with Crippen LogP contribution in [-0.4, -0.2) is 36.2 Å². The predicted octanol–water partition coefficient (Wildman–Crippen LogP) is 5.65. The van der Waals surface area contributed by atoms with Gasteiger partial charge in [-0.05, 0) is 96.1 Å². The van der Waals surface area contributed by atoms with E-state index in [1.165, 1.54) is 24.6 Å². The van der Waals surface area contributed by atoms with Crippen molar-refractivity contribution in [3.05, 3.63) is 167 Å². The van der Waals surface area contributed by atoms with Crippen molar-refractivity contribution in [2.45, 2.75) is 0 Å². The maximum atomic E-state index is 13.0. The summed E-state index contributed by atoms with van der Waals surface area (Å²) in [5, 5.41) is 7.90. The Hall–Kier alpha value is -6.68. The fourth-order valence-electron chi connectivity index (χ4n) is 4.05. The SMILES string of the molecule is O=C(NN=Cc1ccc(OC(=O)c2ccccc2C(=O)Oc2ccc(C=NNC(=O)c3ccccc3)cc2)cc1)c1ccccc1. The molecule has 10 heteroatoms. The number of benzene rings is 5. The van der Waals surface area contributed by atoms with E-state index in [0.29, 0.717) is 22.3 Å². The normalized spacial score (nSPS) is 10.8. The number of esters is 2. The minimum Gasteiger partial charge on any atom is -0.423 e. The smallest absolute Gasteiger partial charge is 0.344 e. The standard InChI is InChI=1S/C36H26N4O6/c41-33(27-9-3-1-4-10-27)39-37-23-25-15-19-29(20-16-25)45-35(43)31-13-7-8-14-32(31)36(44)46-30-21-17-26(18-22-30)24-38-40-34(42)28-11-5-2-6-12-28/h1-24H,(H,39,41)(H,40,42). The fraction of sp³-hybridized carbons (Fsp3) is 0. The first kappa shape index (κ1) is 30.8. The number of carbonyl (C=O) groups excluding carboxylic acids is 4. The third-order valence-corrected chi connectivity index (χ3v) is 6.38. The summed E-state index contributed by atoms with van der Waals surface area (Å²) in [4.78, 5) is 50.2. The molecule has 0 aliphatic carbocycles. The van der Waals surface area contributed by atoms with E-state index < -0.39 is 11.9 Å². The number of carbonyl (C=O) groups is 4. The second kappa shape index (κ2) is 15.2. The molecule has 0 radical (unpaired) electrons. The maximum Gasteiger partial charge on any atom is 0.344 e. The zero-order chi connectivity index (χ0) is 32.1. The van der Waals surface area contributed by atoms with Crippen molar-refractivity contribution in [2.75, 3.05) is 0 Å². The second-order valence-corrected chi connectivity index (χ2v) is 9.59. The highest BCUT2D eigenvalue weighted by molar-refractivity contribution is 6.04. The average molecular weight is 611 g/mol. The van der Waals surface area contributed by atoms with Crippen LogP contribution in [0.5, 0.6) is 11.5 Å². The molecule has 5 aromatic rings. The summed E-state index contributed by atoms with van der Waals surface area (Å²) in [6.45, 7) is 0. The Kier molecular flexibility index (Phi) is 10.1. The molecule has 2 N–H and O–H groups in total. The van der Waals surface area contributed by atoms with Crippen molar-refractivity contribution in [3.8, 4) is 11.5 Å². The lowest BCUT2D eigenvalue weighted by Crippen LogP contribution is -2.17. The lowest BCUT2D eigenvalue weighted by Gasteiger charge is -2.10. The van der Waals surface area contributed by atoms with Crippen LogP contribution in [0.25, 0.3) is 0 Å². The Balaban J connectivity index is 1.15. The van der Waals surface area contributed by atoms with E-state index in [4.69, 9.17) is 9.47 Å². The van der Waals surface area contributed by atoms with Gasteiger partial charge in [0.25, 0.3) is 11.8 Å². The largest absolute Gasteiger partial charge is 0.423 e. The van der Waals surface area contributed by atoms with Crippen LogP contribution in [-0.2, 0) is 0 Å². The number of ether oxygens (including phenoxy) is 2. The number of nitrogens with zero attached hydrogens (tertiary/aromatic N) is 2. The van der Waals surface area contributed by atoms with Gasteiger partial charge in [0.15, 0.2) is 0 Å². The van der Waals surface area contributed by atoms with Crippen molar-refractivity contribution in [3.63, 3.8) is 0 Å². The van der Waals surface area contributed by atoms with Gasteiger partial charge >= 0.3 is 11.9 Å². The Morgan fingerprint density at radius 2 is 0.804 bits per heavy atom. The number of hydrazone groups is 2. The zero-order valence-electron chi connectivity index (χ0n) is 24.2. The molecule has 0 spiro atoms. The average Bonchev–Trinajstić information content (AvgIpc) is 3.10. The minimum atomic E-state index is -0.742. The van der Waals surface area contributed by atoms with Crippen molar-refractivity contribution in [2.24, 2.45) is 10.2 Å². The van der Waals surface area contributed by atoms with Crippen molar-refractivity contribution in [1.82, 2.24) is 10.9 Å². The highest BCUT2D eigenvalue weighted by atomic mass is 16.5. The van der Waals surface area contributed by atoms with Crippen LogP contribution in [0.1, 0.15) is 52.6 Å². The van der Waals surface area contributed by atoms with Gasteiger partial charge in [0, 0.05) is 11.1 Å².